The van der Waals surface area contributed by atoms with Crippen LogP contribution in [0.1, 0.15) is 77.0 Å². The number of halogens is 1. The largest absolute Gasteiger partial charge is 0.458 e. The van der Waals surface area contributed by atoms with Crippen LogP contribution in [0.3, 0.4) is 0 Å². The predicted molar refractivity (Wildman–Crippen MR) is 193 cm³/mol. The molecule has 53 heavy (non-hydrogen) atoms. The number of nitrogens with zero attached hydrogens (tertiary/aromatic N) is 2. The van der Waals surface area contributed by atoms with Gasteiger partial charge >= 0.3 is 24.0 Å². The summed E-state index contributed by atoms with van der Waals surface area (Å²) in [6, 6.07) is 15.0. The summed E-state index contributed by atoms with van der Waals surface area (Å²) < 4.78 is 42.5. The monoisotopic (exact) mass is 738 g/mol. The summed E-state index contributed by atoms with van der Waals surface area (Å²) in [6.07, 6.45) is 0.747. The Bertz CT molecular complexity index is 1640. The zero-order valence-electron chi connectivity index (χ0n) is 31.6. The van der Waals surface area contributed by atoms with E-state index in [1.54, 1.807) is 45.0 Å². The van der Waals surface area contributed by atoms with Crippen molar-refractivity contribution in [3.8, 4) is 0 Å². The summed E-state index contributed by atoms with van der Waals surface area (Å²) in [5.41, 5.74) is -0.461. The molecule has 1 aliphatic heterocycles. The molecule has 2 atom stereocenters. The Morgan fingerprint density at radius 1 is 0.887 bits per heavy atom. The van der Waals surface area contributed by atoms with Crippen molar-refractivity contribution >= 4 is 35.5 Å². The number of hydrogen-bond donors (Lipinski definition) is 0. The molecule has 0 bridgehead atoms. The highest BCUT2D eigenvalue weighted by molar-refractivity contribution is 5.91. The van der Waals surface area contributed by atoms with Gasteiger partial charge in [0.15, 0.2) is 6.61 Å². The molecular weight excluding hydrogens is 687 g/mol. The van der Waals surface area contributed by atoms with Gasteiger partial charge in [0.2, 0.25) is 6.10 Å². The fourth-order valence-corrected chi connectivity index (χ4v) is 5.75. The highest BCUT2D eigenvalue weighted by Gasteiger charge is 2.57. The summed E-state index contributed by atoms with van der Waals surface area (Å²) in [6.45, 7) is 7.89. The normalized spacial score (nSPS) is 16.3. The van der Waals surface area contributed by atoms with Crippen molar-refractivity contribution in [3.05, 3.63) is 77.4 Å². The van der Waals surface area contributed by atoms with Crippen LogP contribution in [0.4, 0.5) is 9.18 Å². The van der Waals surface area contributed by atoms with E-state index in [1.165, 1.54) is 27.9 Å². The van der Waals surface area contributed by atoms with Gasteiger partial charge in [0.1, 0.15) is 29.5 Å². The van der Waals surface area contributed by atoms with Gasteiger partial charge in [-0.15, -0.1) is 0 Å². The molecule has 2 aromatic rings. The van der Waals surface area contributed by atoms with Gasteiger partial charge in [-0.05, 0) is 76.1 Å². The van der Waals surface area contributed by atoms with Gasteiger partial charge in [-0.3, -0.25) is 9.69 Å². The zero-order chi connectivity index (χ0) is 39.0. The first-order chi connectivity index (χ1) is 24.9. The number of likely N-dealkylation sites (N-methyl/N-ethyl adjacent to an activating group) is 2. The van der Waals surface area contributed by atoms with Crippen molar-refractivity contribution in [2.75, 3.05) is 33.9 Å². The van der Waals surface area contributed by atoms with Gasteiger partial charge in [0.25, 0.3) is 5.91 Å². The molecule has 1 heterocycles. The lowest BCUT2D eigenvalue weighted by molar-refractivity contribution is -0.174. The first kappa shape index (κ1) is 41.0. The molecule has 1 saturated carbocycles. The van der Waals surface area contributed by atoms with Gasteiger partial charge < -0.3 is 28.6 Å². The van der Waals surface area contributed by atoms with E-state index in [4.69, 9.17) is 23.7 Å². The first-order valence-corrected chi connectivity index (χ1v) is 17.7. The third kappa shape index (κ3) is 11.9. The van der Waals surface area contributed by atoms with Crippen molar-refractivity contribution in [2.45, 2.75) is 102 Å². The predicted octanol–water partition coefficient (Wildman–Crippen LogP) is 5.60. The highest BCUT2D eigenvalue weighted by Crippen LogP contribution is 2.42. The number of amides is 2. The summed E-state index contributed by atoms with van der Waals surface area (Å²) >= 11 is 0. The Morgan fingerprint density at radius 3 is 2.11 bits per heavy atom. The van der Waals surface area contributed by atoms with E-state index in [2.05, 4.69) is 0 Å². The second kappa shape index (κ2) is 17.4. The highest BCUT2D eigenvalue weighted by atomic mass is 19.1. The number of ether oxygens (including phenoxy) is 5. The van der Waals surface area contributed by atoms with Gasteiger partial charge in [-0.2, -0.15) is 0 Å². The molecule has 2 aliphatic rings. The van der Waals surface area contributed by atoms with E-state index < -0.39 is 71.9 Å². The summed E-state index contributed by atoms with van der Waals surface area (Å²) in [5, 5.41) is 0. The number of carbonyl (C=O) groups excluding carboxylic acids is 5. The van der Waals surface area contributed by atoms with E-state index >= 15 is 4.39 Å². The second-order valence-corrected chi connectivity index (χ2v) is 15.1. The van der Waals surface area contributed by atoms with Gasteiger partial charge in [-0.1, -0.05) is 60.7 Å². The number of esters is 3. The molecule has 2 aromatic carbocycles. The molecule has 0 radical (unpaired) electrons. The maximum Gasteiger partial charge on any atom is 0.410 e. The molecule has 0 N–H and O–H groups in total. The molecule has 0 unspecified atom stereocenters. The smallest absolute Gasteiger partial charge is 0.410 e. The molecule has 13 heteroatoms. The van der Waals surface area contributed by atoms with E-state index in [1.807, 2.05) is 36.4 Å². The lowest BCUT2D eigenvalue weighted by Crippen LogP contribution is -2.50. The molecule has 1 aliphatic carbocycles. The SMILES string of the molecule is CN(C(=O)COC(=O)C1(N(C)C(=O)OC(C)(C)C)CC1)[C@@H](CC(C)(C)F)C(=O)O[C@H](Cc1ccc(C2=CCOCC2)cc1)C(=O)OCc1ccccc1. The Morgan fingerprint density at radius 2 is 1.55 bits per heavy atom. The van der Waals surface area contributed by atoms with Gasteiger partial charge in [0, 0.05) is 26.9 Å². The summed E-state index contributed by atoms with van der Waals surface area (Å²) in [7, 11) is 2.69. The Hall–Kier alpha value is -4.78. The van der Waals surface area contributed by atoms with Crippen LogP contribution in [-0.2, 0) is 55.9 Å². The fourth-order valence-electron chi connectivity index (χ4n) is 5.75. The second-order valence-electron chi connectivity index (χ2n) is 15.1. The molecule has 0 aromatic heterocycles. The molecular formula is C40H51FN2O10. The maximum absolute atomic E-state index is 15.1. The van der Waals surface area contributed by atoms with Crippen LogP contribution in [0.5, 0.6) is 0 Å². The maximum atomic E-state index is 15.1. The molecule has 12 nitrogen and oxygen atoms in total. The minimum atomic E-state index is -1.94. The van der Waals surface area contributed by atoms with E-state index in [0.717, 1.165) is 32.9 Å². The number of benzene rings is 2. The molecule has 2 amide bonds. The fraction of sp³-hybridized carbons (Fsp3) is 0.525. The minimum Gasteiger partial charge on any atom is -0.458 e. The Balaban J connectivity index is 1.47. The lowest BCUT2D eigenvalue weighted by atomic mass is 9.98. The van der Waals surface area contributed by atoms with Crippen LogP contribution in [0.25, 0.3) is 5.57 Å². The van der Waals surface area contributed by atoms with Gasteiger partial charge in [-0.25, -0.2) is 23.6 Å². The quantitative estimate of drug-likeness (QED) is 0.168. The van der Waals surface area contributed by atoms with E-state index in [0.29, 0.717) is 31.6 Å². The Kier molecular flexibility index (Phi) is 13.4. The molecule has 0 saturated heterocycles. The Labute approximate surface area is 310 Å². The van der Waals surface area contributed by atoms with Crippen LogP contribution < -0.4 is 0 Å². The number of hydrogen-bond acceptors (Lipinski definition) is 10. The first-order valence-electron chi connectivity index (χ1n) is 17.7. The van der Waals surface area contributed by atoms with Crippen molar-refractivity contribution < 1.29 is 52.0 Å². The van der Waals surface area contributed by atoms with Crippen molar-refractivity contribution in [1.82, 2.24) is 9.80 Å². The van der Waals surface area contributed by atoms with Crippen LogP contribution in [0.15, 0.2) is 60.7 Å². The van der Waals surface area contributed by atoms with E-state index in [-0.39, 0.29) is 13.0 Å². The topological polar surface area (TPSA) is 138 Å². The summed E-state index contributed by atoms with van der Waals surface area (Å²) in [4.78, 5) is 68.5. The number of rotatable bonds is 15. The molecule has 0 spiro atoms. The summed E-state index contributed by atoms with van der Waals surface area (Å²) in [5.74, 6) is -3.48. The number of alkyl halides is 1. The van der Waals surface area contributed by atoms with Crippen LogP contribution in [-0.4, -0.2) is 103 Å². The third-order valence-electron chi connectivity index (χ3n) is 9.01. The van der Waals surface area contributed by atoms with Crippen molar-refractivity contribution in [3.63, 3.8) is 0 Å². The van der Waals surface area contributed by atoms with Crippen LogP contribution >= 0.6 is 0 Å². The van der Waals surface area contributed by atoms with E-state index in [9.17, 15) is 24.0 Å². The van der Waals surface area contributed by atoms with Crippen LogP contribution in [0.2, 0.25) is 0 Å². The minimum absolute atomic E-state index is 0.0456. The molecule has 4 rings (SSSR count). The van der Waals surface area contributed by atoms with Gasteiger partial charge in [0.05, 0.1) is 13.2 Å². The lowest BCUT2D eigenvalue weighted by Gasteiger charge is -2.31. The average molecular weight is 739 g/mol. The molecule has 1 fully saturated rings. The molecule has 288 valence electrons. The van der Waals surface area contributed by atoms with Crippen LogP contribution in [0, 0.1) is 0 Å². The third-order valence-corrected chi connectivity index (χ3v) is 9.01. The number of carbonyl (C=O) groups is 5. The van der Waals surface area contributed by atoms with Crippen molar-refractivity contribution in [1.29, 1.82) is 0 Å². The zero-order valence-corrected chi connectivity index (χ0v) is 31.6. The standard InChI is InChI=1S/C40H51FN2O10/c1-38(2,3)53-37(48)43(7)40(19-20-40)36(47)51-26-33(44)42(6)31(24-39(4,5)41)34(45)52-32(35(46)50-25-28-11-9-8-10-12-28)23-27-13-15-29(16-14-27)30-17-21-49-22-18-30/h8-17,31-32H,18-26H2,1-7H3/t31-,32+/m0/s1. The van der Waals surface area contributed by atoms with Crippen molar-refractivity contribution in [2.24, 2.45) is 0 Å². The average Bonchev–Trinajstić information content (AvgIpc) is 3.93.